The molecule has 0 saturated heterocycles. The van der Waals surface area contributed by atoms with Crippen molar-refractivity contribution in [2.75, 3.05) is 0 Å². The molecule has 1 aromatic heterocycles. The summed E-state index contributed by atoms with van der Waals surface area (Å²) in [5.41, 5.74) is 0. The Balaban J connectivity index is 2.75. The lowest BCUT2D eigenvalue weighted by molar-refractivity contribution is 0.607. The molecule has 56 valence electrons. The Labute approximate surface area is 61.8 Å². The van der Waals surface area contributed by atoms with Crippen molar-refractivity contribution < 1.29 is 8.42 Å². The maximum Gasteiger partial charge on any atom is 0.239 e. The van der Waals surface area contributed by atoms with Crippen LogP contribution < -0.4 is 0 Å². The van der Waals surface area contributed by atoms with Crippen molar-refractivity contribution in [3.8, 4) is 0 Å². The number of rotatable bonds is 2. The van der Waals surface area contributed by atoms with Gasteiger partial charge in [0.2, 0.25) is 9.05 Å². The normalized spacial score (nSPS) is 11.7. The number of aromatic amines is 1. The van der Waals surface area contributed by atoms with Crippen molar-refractivity contribution >= 4 is 19.7 Å². The highest BCUT2D eigenvalue weighted by molar-refractivity contribution is 8.13. The van der Waals surface area contributed by atoms with E-state index in [9.17, 15) is 8.42 Å². The van der Waals surface area contributed by atoms with Gasteiger partial charge in [-0.15, -0.1) is 0 Å². The Hall–Kier alpha value is -0.620. The molecule has 1 N–H and O–H groups in total. The van der Waals surface area contributed by atoms with Crippen LogP contribution in [-0.2, 0) is 14.8 Å². The van der Waals surface area contributed by atoms with E-state index in [0.29, 0.717) is 0 Å². The molecule has 0 aromatic carbocycles. The summed E-state index contributed by atoms with van der Waals surface area (Å²) in [6.07, 6.45) is 1.22. The van der Waals surface area contributed by atoms with E-state index in [1.165, 1.54) is 6.33 Å². The first kappa shape index (κ1) is 7.49. The molecular formula is C3H4ClN3O2S. The van der Waals surface area contributed by atoms with Crippen LogP contribution >= 0.6 is 10.7 Å². The smallest absolute Gasteiger partial charge is 0.239 e. The highest BCUT2D eigenvalue weighted by Crippen LogP contribution is 2.02. The zero-order valence-corrected chi connectivity index (χ0v) is 6.35. The molecular weight excluding hydrogens is 178 g/mol. The van der Waals surface area contributed by atoms with Gasteiger partial charge in [0.1, 0.15) is 17.9 Å². The Bertz CT molecular complexity index is 292. The Kier molecular flexibility index (Phi) is 1.91. The summed E-state index contributed by atoms with van der Waals surface area (Å²) >= 11 is 0. The molecule has 5 nitrogen and oxygen atoms in total. The second kappa shape index (κ2) is 2.55. The zero-order chi connectivity index (χ0) is 7.61. The summed E-state index contributed by atoms with van der Waals surface area (Å²) < 4.78 is 20.8. The van der Waals surface area contributed by atoms with Crippen LogP contribution in [0.15, 0.2) is 6.33 Å². The largest absolute Gasteiger partial charge is 0.262 e. The molecule has 0 aliphatic rings. The van der Waals surface area contributed by atoms with Gasteiger partial charge in [-0.2, -0.15) is 5.10 Å². The SMILES string of the molecule is O=S(=O)(Cl)Cc1ncn[nH]1. The predicted octanol–water partition coefficient (Wildman–Crippen LogP) is -0.127. The van der Waals surface area contributed by atoms with Crippen LogP contribution in [0.5, 0.6) is 0 Å². The van der Waals surface area contributed by atoms with Crippen LogP contribution in [0, 0.1) is 0 Å². The molecule has 0 radical (unpaired) electrons. The van der Waals surface area contributed by atoms with Crippen molar-refractivity contribution in [1.29, 1.82) is 0 Å². The Morgan fingerprint density at radius 1 is 1.70 bits per heavy atom. The molecule has 0 atom stereocenters. The van der Waals surface area contributed by atoms with Gasteiger partial charge in [-0.25, -0.2) is 13.4 Å². The second-order valence-electron chi connectivity index (χ2n) is 1.62. The summed E-state index contributed by atoms with van der Waals surface area (Å²) in [5, 5.41) is 5.82. The van der Waals surface area contributed by atoms with Gasteiger partial charge in [-0.1, -0.05) is 0 Å². The molecule has 0 aliphatic heterocycles. The lowest BCUT2D eigenvalue weighted by Crippen LogP contribution is -1.96. The summed E-state index contributed by atoms with van der Waals surface area (Å²) in [7, 11) is 1.40. The van der Waals surface area contributed by atoms with E-state index in [1.807, 2.05) is 0 Å². The van der Waals surface area contributed by atoms with E-state index in [0.717, 1.165) is 0 Å². The molecule has 0 saturated carbocycles. The van der Waals surface area contributed by atoms with Crippen LogP contribution in [0.25, 0.3) is 0 Å². The minimum atomic E-state index is -3.51. The summed E-state index contributed by atoms with van der Waals surface area (Å²) in [6, 6.07) is 0. The van der Waals surface area contributed by atoms with Gasteiger partial charge >= 0.3 is 0 Å². The number of aromatic nitrogens is 3. The monoisotopic (exact) mass is 181 g/mol. The van der Waals surface area contributed by atoms with E-state index < -0.39 is 9.05 Å². The molecule has 0 unspecified atom stereocenters. The van der Waals surface area contributed by atoms with E-state index in [2.05, 4.69) is 15.2 Å². The zero-order valence-electron chi connectivity index (χ0n) is 4.78. The fraction of sp³-hybridized carbons (Fsp3) is 0.333. The van der Waals surface area contributed by atoms with E-state index >= 15 is 0 Å². The number of halogens is 1. The van der Waals surface area contributed by atoms with Crippen molar-refractivity contribution in [1.82, 2.24) is 15.2 Å². The predicted molar refractivity (Wildman–Crippen MR) is 34.9 cm³/mol. The third kappa shape index (κ3) is 2.32. The van der Waals surface area contributed by atoms with Crippen molar-refractivity contribution in [2.45, 2.75) is 5.75 Å². The van der Waals surface area contributed by atoms with Crippen LogP contribution in [0.1, 0.15) is 5.82 Å². The quantitative estimate of drug-likeness (QED) is 0.645. The first-order valence-corrected chi connectivity index (χ1v) is 4.82. The van der Waals surface area contributed by atoms with Crippen LogP contribution in [0.3, 0.4) is 0 Å². The fourth-order valence-corrected chi connectivity index (χ4v) is 1.24. The highest BCUT2D eigenvalue weighted by atomic mass is 35.7. The number of H-pyrrole nitrogens is 1. The van der Waals surface area contributed by atoms with Crippen LogP contribution in [-0.4, -0.2) is 23.6 Å². The molecule has 0 fully saturated rings. The lowest BCUT2D eigenvalue weighted by atomic mass is 10.7. The van der Waals surface area contributed by atoms with Crippen LogP contribution in [0.4, 0.5) is 0 Å². The molecule has 0 aliphatic carbocycles. The highest BCUT2D eigenvalue weighted by Gasteiger charge is 2.08. The summed E-state index contributed by atoms with van der Waals surface area (Å²) in [6.45, 7) is 0. The molecule has 7 heteroatoms. The standard InChI is InChI=1S/C3H4ClN3O2S/c4-10(8,9)1-3-5-2-6-7-3/h2H,1H2,(H,5,6,7). The third-order valence-corrected chi connectivity index (χ3v) is 1.72. The minimum absolute atomic E-state index is 0.245. The topological polar surface area (TPSA) is 75.7 Å². The summed E-state index contributed by atoms with van der Waals surface area (Å²) in [5.74, 6) is -0.0656. The van der Waals surface area contributed by atoms with Gasteiger partial charge in [-0.05, 0) is 0 Å². The summed E-state index contributed by atoms with van der Waals surface area (Å²) in [4.78, 5) is 3.57. The second-order valence-corrected chi connectivity index (χ2v) is 4.39. The Morgan fingerprint density at radius 2 is 2.40 bits per heavy atom. The first-order chi connectivity index (χ1) is 4.58. The van der Waals surface area contributed by atoms with E-state index in [-0.39, 0.29) is 11.6 Å². The van der Waals surface area contributed by atoms with E-state index in [4.69, 9.17) is 10.7 Å². The third-order valence-electron chi connectivity index (χ3n) is 0.774. The van der Waals surface area contributed by atoms with Gasteiger partial charge in [-0.3, -0.25) is 5.10 Å². The number of hydrogen-bond donors (Lipinski definition) is 1. The number of nitrogens with zero attached hydrogens (tertiary/aromatic N) is 2. The molecule has 1 rings (SSSR count). The van der Waals surface area contributed by atoms with E-state index in [1.54, 1.807) is 0 Å². The number of hydrogen-bond acceptors (Lipinski definition) is 4. The fourth-order valence-electron chi connectivity index (χ4n) is 0.464. The van der Waals surface area contributed by atoms with Gasteiger partial charge < -0.3 is 0 Å². The lowest BCUT2D eigenvalue weighted by Gasteiger charge is -1.87. The van der Waals surface area contributed by atoms with Gasteiger partial charge in [0.15, 0.2) is 0 Å². The first-order valence-electron chi connectivity index (χ1n) is 2.34. The van der Waals surface area contributed by atoms with Crippen molar-refractivity contribution in [2.24, 2.45) is 0 Å². The van der Waals surface area contributed by atoms with Gasteiger partial charge in [0, 0.05) is 10.7 Å². The molecule has 0 amide bonds. The molecule has 0 bridgehead atoms. The molecule has 1 heterocycles. The molecule has 0 spiro atoms. The molecule has 1 aromatic rings. The maximum absolute atomic E-state index is 10.4. The Morgan fingerprint density at radius 3 is 2.80 bits per heavy atom. The maximum atomic E-state index is 10.4. The number of nitrogens with one attached hydrogen (secondary N) is 1. The van der Waals surface area contributed by atoms with Crippen molar-refractivity contribution in [3.05, 3.63) is 12.2 Å². The van der Waals surface area contributed by atoms with Gasteiger partial charge in [0.05, 0.1) is 0 Å². The average Bonchev–Trinajstić information content (AvgIpc) is 2.12. The average molecular weight is 182 g/mol. The minimum Gasteiger partial charge on any atom is -0.262 e. The van der Waals surface area contributed by atoms with Crippen LogP contribution in [0.2, 0.25) is 0 Å². The molecule has 10 heavy (non-hydrogen) atoms. The van der Waals surface area contributed by atoms with Crippen molar-refractivity contribution in [3.63, 3.8) is 0 Å². The van der Waals surface area contributed by atoms with Gasteiger partial charge in [0.25, 0.3) is 0 Å².